The van der Waals surface area contributed by atoms with E-state index in [0.717, 1.165) is 15.7 Å². The Hall–Kier alpha value is -2.74. The van der Waals surface area contributed by atoms with Crippen molar-refractivity contribution in [1.29, 1.82) is 0 Å². The van der Waals surface area contributed by atoms with Crippen LogP contribution in [-0.4, -0.2) is 32.7 Å². The van der Waals surface area contributed by atoms with Gasteiger partial charge in [-0.1, -0.05) is 34.1 Å². The van der Waals surface area contributed by atoms with Gasteiger partial charge in [0, 0.05) is 10.5 Å². The molecule has 0 saturated carbocycles. The van der Waals surface area contributed by atoms with E-state index in [2.05, 4.69) is 36.8 Å². The van der Waals surface area contributed by atoms with Crippen molar-refractivity contribution in [2.75, 3.05) is 6.61 Å². The van der Waals surface area contributed by atoms with E-state index in [1.165, 1.54) is 11.0 Å². The first-order chi connectivity index (χ1) is 12.1. The number of rotatable bonds is 6. The number of hydrogen-bond donors (Lipinski definition) is 1. The molecule has 1 amide bonds. The molecule has 8 heteroatoms. The number of amides is 1. The number of carbonyl (C=O) groups is 1. The lowest BCUT2D eigenvalue weighted by atomic mass is 10.1. The average Bonchev–Trinajstić information content (AvgIpc) is 3.15. The van der Waals surface area contributed by atoms with Crippen molar-refractivity contribution in [2.24, 2.45) is 0 Å². The molecule has 0 radical (unpaired) electrons. The average molecular weight is 402 g/mol. The van der Waals surface area contributed by atoms with Crippen LogP contribution >= 0.6 is 15.9 Å². The van der Waals surface area contributed by atoms with Gasteiger partial charge >= 0.3 is 0 Å². The molecule has 1 N–H and O–H groups in total. The van der Waals surface area contributed by atoms with Crippen molar-refractivity contribution in [2.45, 2.75) is 13.0 Å². The second-order valence-corrected chi connectivity index (χ2v) is 6.30. The molecule has 2 aromatic carbocycles. The van der Waals surface area contributed by atoms with Gasteiger partial charge in [-0.25, -0.2) is 4.68 Å². The maximum absolute atomic E-state index is 12.1. The van der Waals surface area contributed by atoms with Gasteiger partial charge in [0.2, 0.25) is 0 Å². The lowest BCUT2D eigenvalue weighted by molar-refractivity contribution is -0.123. The molecule has 1 atom stereocenters. The predicted octanol–water partition coefficient (Wildman–Crippen LogP) is 2.68. The standard InChI is InChI=1S/C17H16BrN5O2/c1-12(13-5-7-14(18)8-6-13)20-17(24)10-25-16-4-2-3-15(9-16)23-11-19-21-22-23/h2-9,11-12H,10H2,1H3,(H,20,24)/t12-/m1/s1. The minimum atomic E-state index is -0.191. The summed E-state index contributed by atoms with van der Waals surface area (Å²) in [5.74, 6) is 0.377. The maximum atomic E-state index is 12.1. The Morgan fingerprint density at radius 2 is 2.08 bits per heavy atom. The fraction of sp³-hybridized carbons (Fsp3) is 0.176. The maximum Gasteiger partial charge on any atom is 0.258 e. The fourth-order valence-electron chi connectivity index (χ4n) is 2.26. The first-order valence-electron chi connectivity index (χ1n) is 7.63. The van der Waals surface area contributed by atoms with Gasteiger partial charge in [0.15, 0.2) is 6.61 Å². The highest BCUT2D eigenvalue weighted by Gasteiger charge is 2.10. The molecule has 0 spiro atoms. The van der Waals surface area contributed by atoms with E-state index in [9.17, 15) is 4.79 Å². The molecule has 0 aliphatic rings. The molecule has 1 aromatic heterocycles. The van der Waals surface area contributed by atoms with Gasteiger partial charge in [-0.2, -0.15) is 0 Å². The van der Waals surface area contributed by atoms with Crippen molar-refractivity contribution in [1.82, 2.24) is 25.5 Å². The van der Waals surface area contributed by atoms with Gasteiger partial charge in [0.05, 0.1) is 11.7 Å². The highest BCUT2D eigenvalue weighted by molar-refractivity contribution is 9.10. The summed E-state index contributed by atoms with van der Waals surface area (Å²) >= 11 is 3.39. The molecule has 7 nitrogen and oxygen atoms in total. The largest absolute Gasteiger partial charge is 0.484 e. The number of benzene rings is 2. The molecule has 3 aromatic rings. The van der Waals surface area contributed by atoms with Gasteiger partial charge in [0.25, 0.3) is 5.91 Å². The highest BCUT2D eigenvalue weighted by Crippen LogP contribution is 2.17. The molecule has 0 bridgehead atoms. The third kappa shape index (κ3) is 4.63. The van der Waals surface area contributed by atoms with Crippen LogP contribution in [0, 0.1) is 0 Å². The van der Waals surface area contributed by atoms with E-state index < -0.39 is 0 Å². The van der Waals surface area contributed by atoms with Crippen molar-refractivity contribution in [3.05, 3.63) is 64.9 Å². The third-order valence-electron chi connectivity index (χ3n) is 3.55. The zero-order valence-electron chi connectivity index (χ0n) is 13.5. The van der Waals surface area contributed by atoms with E-state index in [1.54, 1.807) is 12.1 Å². The number of carbonyl (C=O) groups excluding carboxylic acids is 1. The SMILES string of the molecule is C[C@@H](NC(=O)COc1cccc(-n2cnnn2)c1)c1ccc(Br)cc1. The molecule has 25 heavy (non-hydrogen) atoms. The van der Waals surface area contributed by atoms with Crippen LogP contribution in [0.1, 0.15) is 18.5 Å². The van der Waals surface area contributed by atoms with Crippen LogP contribution in [0.5, 0.6) is 5.75 Å². The van der Waals surface area contributed by atoms with E-state index >= 15 is 0 Å². The molecular weight excluding hydrogens is 386 g/mol. The van der Waals surface area contributed by atoms with E-state index in [0.29, 0.717) is 5.75 Å². The number of tetrazole rings is 1. The normalized spacial score (nSPS) is 11.8. The Morgan fingerprint density at radius 3 is 2.80 bits per heavy atom. The zero-order valence-corrected chi connectivity index (χ0v) is 15.0. The van der Waals surface area contributed by atoms with E-state index in [4.69, 9.17) is 4.74 Å². The Bertz CT molecular complexity index is 837. The van der Waals surface area contributed by atoms with Gasteiger partial charge in [-0.3, -0.25) is 4.79 Å². The number of nitrogens with one attached hydrogen (secondary N) is 1. The summed E-state index contributed by atoms with van der Waals surface area (Å²) in [7, 11) is 0. The zero-order chi connectivity index (χ0) is 17.6. The van der Waals surface area contributed by atoms with E-state index in [1.807, 2.05) is 43.3 Å². The van der Waals surface area contributed by atoms with Crippen LogP contribution < -0.4 is 10.1 Å². The molecule has 1 heterocycles. The monoisotopic (exact) mass is 401 g/mol. The molecule has 3 rings (SSSR count). The molecule has 0 unspecified atom stereocenters. The van der Waals surface area contributed by atoms with Crippen LogP contribution in [0.2, 0.25) is 0 Å². The quantitative estimate of drug-likeness (QED) is 0.686. The number of nitrogens with zero attached hydrogens (tertiary/aromatic N) is 4. The van der Waals surface area contributed by atoms with Crippen molar-refractivity contribution in [3.63, 3.8) is 0 Å². The van der Waals surface area contributed by atoms with Crippen LogP contribution in [0.3, 0.4) is 0 Å². The van der Waals surface area contributed by atoms with Crippen molar-refractivity contribution < 1.29 is 9.53 Å². The molecule has 0 aliphatic heterocycles. The first kappa shape index (κ1) is 17.1. The Balaban J connectivity index is 1.55. The second-order valence-electron chi connectivity index (χ2n) is 5.38. The van der Waals surface area contributed by atoms with Gasteiger partial charge in [-0.05, 0) is 47.2 Å². The molecule has 0 aliphatic carbocycles. The predicted molar refractivity (Wildman–Crippen MR) is 95.3 cm³/mol. The lowest BCUT2D eigenvalue weighted by Gasteiger charge is -2.15. The number of aromatic nitrogens is 4. The lowest BCUT2D eigenvalue weighted by Crippen LogP contribution is -2.31. The summed E-state index contributed by atoms with van der Waals surface area (Å²) in [5.41, 5.74) is 1.78. The number of halogens is 1. The number of ether oxygens (including phenoxy) is 1. The Labute approximate surface area is 153 Å². The van der Waals surface area contributed by atoms with Crippen LogP contribution in [0.4, 0.5) is 0 Å². The van der Waals surface area contributed by atoms with Crippen LogP contribution in [-0.2, 0) is 4.79 Å². The van der Waals surface area contributed by atoms with Crippen LogP contribution in [0.25, 0.3) is 5.69 Å². The van der Waals surface area contributed by atoms with Gasteiger partial charge < -0.3 is 10.1 Å². The van der Waals surface area contributed by atoms with Crippen molar-refractivity contribution in [3.8, 4) is 11.4 Å². The molecule has 0 saturated heterocycles. The summed E-state index contributed by atoms with van der Waals surface area (Å²) < 4.78 is 8.08. The minimum Gasteiger partial charge on any atom is -0.484 e. The Morgan fingerprint density at radius 1 is 1.28 bits per heavy atom. The summed E-state index contributed by atoms with van der Waals surface area (Å²) in [4.78, 5) is 12.1. The Kier molecular flexibility index (Phi) is 5.39. The van der Waals surface area contributed by atoms with Crippen LogP contribution in [0.15, 0.2) is 59.3 Å². The molecule has 128 valence electrons. The summed E-state index contributed by atoms with van der Waals surface area (Å²) in [6, 6.07) is 14.9. The summed E-state index contributed by atoms with van der Waals surface area (Å²) in [6.07, 6.45) is 1.49. The third-order valence-corrected chi connectivity index (χ3v) is 4.08. The highest BCUT2D eigenvalue weighted by atomic mass is 79.9. The minimum absolute atomic E-state index is 0.0695. The first-order valence-corrected chi connectivity index (χ1v) is 8.42. The fourth-order valence-corrected chi connectivity index (χ4v) is 2.53. The van der Waals surface area contributed by atoms with Gasteiger partial charge in [-0.15, -0.1) is 5.10 Å². The topological polar surface area (TPSA) is 81.9 Å². The number of hydrogen-bond acceptors (Lipinski definition) is 5. The second kappa shape index (κ2) is 7.89. The smallest absolute Gasteiger partial charge is 0.258 e. The van der Waals surface area contributed by atoms with E-state index in [-0.39, 0.29) is 18.6 Å². The summed E-state index contributed by atoms with van der Waals surface area (Å²) in [5, 5.41) is 13.9. The van der Waals surface area contributed by atoms with Crippen molar-refractivity contribution >= 4 is 21.8 Å². The molecular formula is C17H16BrN5O2. The summed E-state index contributed by atoms with van der Waals surface area (Å²) in [6.45, 7) is 1.86. The van der Waals surface area contributed by atoms with Gasteiger partial charge in [0.1, 0.15) is 12.1 Å². The molecule has 0 fully saturated rings.